The molecule has 2 aromatic rings. The highest BCUT2D eigenvalue weighted by Gasteiger charge is 2.30. The van der Waals surface area contributed by atoms with Gasteiger partial charge in [0, 0.05) is 23.3 Å². The summed E-state index contributed by atoms with van der Waals surface area (Å²) in [5.74, 6) is -0.633. The van der Waals surface area contributed by atoms with E-state index in [-0.39, 0.29) is 24.2 Å². The van der Waals surface area contributed by atoms with Crippen LogP contribution in [0.2, 0.25) is 0 Å². The minimum atomic E-state index is -4.49. The number of hydrogen-bond acceptors (Lipinski definition) is 3. The Morgan fingerprint density at radius 1 is 1.05 bits per heavy atom. The first-order valence-corrected chi connectivity index (χ1v) is 7.39. The number of Topliss-reactive ketones (excluding diaryl/α,β-unsaturated/α-hetero) is 2. The van der Waals surface area contributed by atoms with Gasteiger partial charge in [0.25, 0.3) is 0 Å². The summed E-state index contributed by atoms with van der Waals surface area (Å²) >= 11 is 1.34. The van der Waals surface area contributed by atoms with Gasteiger partial charge in [-0.05, 0) is 31.2 Å². The summed E-state index contributed by atoms with van der Waals surface area (Å²) in [7, 11) is 0. The second-order valence-electron chi connectivity index (χ2n) is 4.84. The zero-order valence-corrected chi connectivity index (χ0v) is 12.6. The topological polar surface area (TPSA) is 34.1 Å². The van der Waals surface area contributed by atoms with E-state index in [1.54, 1.807) is 6.07 Å². The number of thiophene rings is 1. The normalized spacial score (nSPS) is 11.5. The average Bonchev–Trinajstić information content (AvgIpc) is 2.90. The molecule has 6 heteroatoms. The Hall–Kier alpha value is -1.95. The lowest BCUT2D eigenvalue weighted by atomic mass is 10.0. The third-order valence-corrected chi connectivity index (χ3v) is 4.15. The fourth-order valence-electron chi connectivity index (χ4n) is 1.95. The summed E-state index contributed by atoms with van der Waals surface area (Å²) in [6.45, 7) is 1.87. The maximum Gasteiger partial charge on any atom is 0.416 e. The minimum absolute atomic E-state index is 0.00493. The molecule has 1 aromatic carbocycles. The van der Waals surface area contributed by atoms with E-state index in [1.165, 1.54) is 23.5 Å². The van der Waals surface area contributed by atoms with E-state index in [4.69, 9.17) is 0 Å². The number of carbonyl (C=O) groups is 2. The summed E-state index contributed by atoms with van der Waals surface area (Å²) in [4.78, 5) is 25.4. The first kappa shape index (κ1) is 16.4. The highest BCUT2D eigenvalue weighted by Crippen LogP contribution is 2.29. The third-order valence-electron chi connectivity index (χ3n) is 3.11. The quantitative estimate of drug-likeness (QED) is 0.731. The zero-order chi connectivity index (χ0) is 16.3. The Kier molecular flexibility index (Phi) is 4.81. The maximum absolute atomic E-state index is 12.6. The van der Waals surface area contributed by atoms with Crippen LogP contribution in [0.4, 0.5) is 13.2 Å². The Morgan fingerprint density at radius 3 is 2.32 bits per heavy atom. The van der Waals surface area contributed by atoms with Gasteiger partial charge in [0.2, 0.25) is 0 Å². The molecule has 116 valence electrons. The Labute approximate surface area is 129 Å². The van der Waals surface area contributed by atoms with Gasteiger partial charge >= 0.3 is 6.18 Å². The number of ketones is 2. The molecule has 0 bridgehead atoms. The summed E-state index contributed by atoms with van der Waals surface area (Å²) in [6, 6.07) is 7.76. The lowest BCUT2D eigenvalue weighted by Crippen LogP contribution is -2.08. The van der Waals surface area contributed by atoms with Gasteiger partial charge in [-0.15, -0.1) is 11.3 Å². The predicted molar refractivity (Wildman–Crippen MR) is 78.4 cm³/mol. The molecule has 0 aliphatic heterocycles. The van der Waals surface area contributed by atoms with Crippen LogP contribution in [0.1, 0.15) is 43.3 Å². The van der Waals surface area contributed by atoms with E-state index in [9.17, 15) is 22.8 Å². The molecule has 0 aliphatic rings. The van der Waals surface area contributed by atoms with E-state index < -0.39 is 17.5 Å². The van der Waals surface area contributed by atoms with Crippen molar-refractivity contribution < 1.29 is 22.8 Å². The van der Waals surface area contributed by atoms with E-state index in [0.29, 0.717) is 4.88 Å². The van der Waals surface area contributed by atoms with Crippen molar-refractivity contribution in [1.82, 2.24) is 0 Å². The molecule has 1 aromatic heterocycles. The van der Waals surface area contributed by atoms with Crippen LogP contribution in [0.15, 0.2) is 36.4 Å². The van der Waals surface area contributed by atoms with Gasteiger partial charge in [-0.3, -0.25) is 9.59 Å². The average molecular weight is 326 g/mol. The zero-order valence-electron chi connectivity index (χ0n) is 11.7. The lowest BCUT2D eigenvalue weighted by molar-refractivity contribution is -0.137. The van der Waals surface area contributed by atoms with E-state index in [2.05, 4.69) is 0 Å². The number of rotatable bonds is 5. The number of alkyl halides is 3. The molecule has 0 N–H and O–H groups in total. The molecule has 0 saturated carbocycles. The van der Waals surface area contributed by atoms with Crippen LogP contribution in [0.25, 0.3) is 0 Å². The van der Waals surface area contributed by atoms with Crippen LogP contribution < -0.4 is 0 Å². The Bertz CT molecular complexity index is 701. The van der Waals surface area contributed by atoms with Gasteiger partial charge in [0.1, 0.15) is 0 Å². The van der Waals surface area contributed by atoms with Crippen molar-refractivity contribution in [2.24, 2.45) is 0 Å². The van der Waals surface area contributed by atoms with Gasteiger partial charge in [-0.25, -0.2) is 0 Å². The monoisotopic (exact) mass is 326 g/mol. The molecule has 0 aliphatic carbocycles. The molecule has 2 rings (SSSR count). The second-order valence-corrected chi connectivity index (χ2v) is 6.12. The van der Waals surface area contributed by atoms with E-state index in [0.717, 1.165) is 17.0 Å². The molecule has 1 heterocycles. The fourth-order valence-corrected chi connectivity index (χ4v) is 2.78. The maximum atomic E-state index is 12.6. The van der Waals surface area contributed by atoms with E-state index in [1.807, 2.05) is 13.0 Å². The van der Waals surface area contributed by atoms with Gasteiger partial charge < -0.3 is 0 Å². The predicted octanol–water partition coefficient (Wildman–Crippen LogP) is 4.92. The number of hydrogen-bond donors (Lipinski definition) is 0. The van der Waals surface area contributed by atoms with Crippen molar-refractivity contribution in [2.75, 3.05) is 0 Å². The van der Waals surface area contributed by atoms with Gasteiger partial charge in [0.15, 0.2) is 11.6 Å². The Morgan fingerprint density at radius 2 is 1.73 bits per heavy atom. The van der Waals surface area contributed by atoms with Crippen LogP contribution in [-0.2, 0) is 6.18 Å². The lowest BCUT2D eigenvalue weighted by Gasteiger charge is -2.08. The summed E-state index contributed by atoms with van der Waals surface area (Å²) in [5, 5.41) is 0. The molecule has 0 radical (unpaired) electrons. The van der Waals surface area contributed by atoms with Crippen molar-refractivity contribution in [2.45, 2.75) is 25.9 Å². The van der Waals surface area contributed by atoms with Crippen LogP contribution in [0, 0.1) is 6.92 Å². The van der Waals surface area contributed by atoms with Gasteiger partial charge in [-0.2, -0.15) is 13.2 Å². The first-order chi connectivity index (χ1) is 10.3. The first-order valence-electron chi connectivity index (χ1n) is 6.57. The van der Waals surface area contributed by atoms with Crippen molar-refractivity contribution in [1.29, 1.82) is 0 Å². The number of benzene rings is 1. The van der Waals surface area contributed by atoms with Crippen molar-refractivity contribution >= 4 is 22.9 Å². The van der Waals surface area contributed by atoms with Crippen LogP contribution in [-0.4, -0.2) is 11.6 Å². The smallest absolute Gasteiger partial charge is 0.294 e. The van der Waals surface area contributed by atoms with Crippen molar-refractivity contribution in [3.05, 3.63) is 57.3 Å². The molecule has 0 fully saturated rings. The highest BCUT2D eigenvalue weighted by molar-refractivity contribution is 7.14. The van der Waals surface area contributed by atoms with Gasteiger partial charge in [0.05, 0.1) is 10.4 Å². The molecule has 0 atom stereocenters. The SMILES string of the molecule is Cc1ccc(C(=O)CCC(=O)c2cccc(C(F)(F)F)c2)s1. The molecule has 0 spiro atoms. The van der Waals surface area contributed by atoms with Crippen molar-refractivity contribution in [3.8, 4) is 0 Å². The Balaban J connectivity index is 2.02. The van der Waals surface area contributed by atoms with Gasteiger partial charge in [-0.1, -0.05) is 12.1 Å². The molecule has 0 unspecified atom stereocenters. The van der Waals surface area contributed by atoms with Crippen LogP contribution in [0.5, 0.6) is 0 Å². The molecular weight excluding hydrogens is 313 g/mol. The molecular formula is C16H13F3O2S. The van der Waals surface area contributed by atoms with E-state index >= 15 is 0 Å². The summed E-state index contributed by atoms with van der Waals surface area (Å²) in [6.07, 6.45) is -4.59. The summed E-state index contributed by atoms with van der Waals surface area (Å²) < 4.78 is 37.8. The molecule has 0 amide bonds. The number of carbonyl (C=O) groups excluding carboxylic acids is 2. The van der Waals surface area contributed by atoms with Crippen molar-refractivity contribution in [3.63, 3.8) is 0 Å². The molecule has 22 heavy (non-hydrogen) atoms. The molecule has 2 nitrogen and oxygen atoms in total. The largest absolute Gasteiger partial charge is 0.416 e. The minimum Gasteiger partial charge on any atom is -0.294 e. The number of aryl methyl sites for hydroxylation is 1. The molecule has 0 saturated heterocycles. The standard InChI is InChI=1S/C16H13F3O2S/c1-10-5-8-15(22-10)14(21)7-6-13(20)11-3-2-4-12(9-11)16(17,18)19/h2-5,8-9H,6-7H2,1H3. The van der Waals surface area contributed by atoms with Crippen LogP contribution >= 0.6 is 11.3 Å². The van der Waals surface area contributed by atoms with Crippen LogP contribution in [0.3, 0.4) is 0 Å². The fraction of sp³-hybridized carbons (Fsp3) is 0.250. The second kappa shape index (κ2) is 6.44. The number of halogens is 3. The highest BCUT2D eigenvalue weighted by atomic mass is 32.1. The third kappa shape index (κ3) is 4.04. The summed E-state index contributed by atoms with van der Waals surface area (Å²) in [5.41, 5.74) is -0.886.